The molecule has 1 amide bonds. The van der Waals surface area contributed by atoms with E-state index in [0.29, 0.717) is 29.8 Å². The first-order chi connectivity index (χ1) is 10.2. The number of aromatic nitrogens is 1. The summed E-state index contributed by atoms with van der Waals surface area (Å²) in [5.41, 5.74) is 0. The Kier molecular flexibility index (Phi) is 5.46. The van der Waals surface area contributed by atoms with Gasteiger partial charge in [0.2, 0.25) is 5.91 Å². The minimum absolute atomic E-state index is 0.0413. The number of hydrogen-bond donors (Lipinski definition) is 0. The molecule has 1 aliphatic heterocycles. The molecule has 0 N–H and O–H groups in total. The Morgan fingerprint density at radius 3 is 3.10 bits per heavy atom. The predicted molar refractivity (Wildman–Crippen MR) is 79.5 cm³/mol. The van der Waals surface area contributed by atoms with Crippen LogP contribution in [-0.4, -0.2) is 43.7 Å². The summed E-state index contributed by atoms with van der Waals surface area (Å²) in [7, 11) is 1.31. The van der Waals surface area contributed by atoms with Crippen LogP contribution in [0.2, 0.25) is 0 Å². The van der Waals surface area contributed by atoms with Crippen molar-refractivity contribution in [3.05, 3.63) is 23.7 Å². The first kappa shape index (κ1) is 15.7. The lowest BCUT2D eigenvalue weighted by Gasteiger charge is -2.26. The monoisotopic (exact) mass is 310 g/mol. The van der Waals surface area contributed by atoms with Gasteiger partial charge in [0.25, 0.3) is 0 Å². The lowest BCUT2D eigenvalue weighted by Crippen LogP contribution is -2.39. The van der Waals surface area contributed by atoms with Gasteiger partial charge in [0.1, 0.15) is 4.88 Å². The molecule has 6 nitrogen and oxygen atoms in total. The third-order valence-corrected chi connectivity index (χ3v) is 4.20. The van der Waals surface area contributed by atoms with Crippen molar-refractivity contribution in [1.82, 2.24) is 4.98 Å². The van der Waals surface area contributed by atoms with E-state index in [9.17, 15) is 9.59 Å². The molecule has 114 valence electrons. The average Bonchev–Trinajstić information content (AvgIpc) is 3.01. The lowest BCUT2D eigenvalue weighted by molar-refractivity contribution is -0.126. The van der Waals surface area contributed by atoms with Crippen molar-refractivity contribution >= 4 is 28.3 Å². The molecule has 2 rings (SSSR count). The third kappa shape index (κ3) is 3.68. The normalized spacial score (nSPS) is 18.0. The predicted octanol–water partition coefficient (Wildman–Crippen LogP) is 1.88. The Bertz CT molecular complexity index is 523. The van der Waals surface area contributed by atoms with Crippen LogP contribution < -0.4 is 4.90 Å². The maximum Gasteiger partial charge on any atom is 0.349 e. The van der Waals surface area contributed by atoms with Gasteiger partial charge < -0.3 is 9.47 Å². The van der Waals surface area contributed by atoms with Gasteiger partial charge in [0.05, 0.1) is 25.8 Å². The molecule has 1 aromatic rings. The van der Waals surface area contributed by atoms with E-state index < -0.39 is 5.97 Å². The highest BCUT2D eigenvalue weighted by Crippen LogP contribution is 2.26. The number of carbonyl (C=O) groups is 2. The number of esters is 1. The summed E-state index contributed by atoms with van der Waals surface area (Å²) in [6.45, 7) is 5.16. The second-order valence-corrected chi connectivity index (χ2v) is 5.66. The number of carbonyl (C=O) groups excluding carboxylic acids is 2. The quantitative estimate of drug-likeness (QED) is 0.613. The van der Waals surface area contributed by atoms with Gasteiger partial charge in [-0.15, -0.1) is 6.58 Å². The Hall–Kier alpha value is -1.73. The van der Waals surface area contributed by atoms with Gasteiger partial charge in [0.15, 0.2) is 5.13 Å². The molecule has 1 saturated heterocycles. The zero-order valence-electron chi connectivity index (χ0n) is 11.9. The zero-order chi connectivity index (χ0) is 15.2. The van der Waals surface area contributed by atoms with Crippen LogP contribution in [0.4, 0.5) is 5.13 Å². The van der Waals surface area contributed by atoms with Crippen LogP contribution in [0.15, 0.2) is 18.9 Å². The van der Waals surface area contributed by atoms with Crippen LogP contribution in [0.25, 0.3) is 0 Å². The third-order valence-electron chi connectivity index (χ3n) is 3.20. The lowest BCUT2D eigenvalue weighted by atomic mass is 10.0. The molecule has 0 aliphatic carbocycles. The second-order valence-electron chi connectivity index (χ2n) is 4.65. The summed E-state index contributed by atoms with van der Waals surface area (Å²) >= 11 is 1.14. The van der Waals surface area contributed by atoms with Crippen molar-refractivity contribution in [1.29, 1.82) is 0 Å². The van der Waals surface area contributed by atoms with Crippen LogP contribution in [0, 0.1) is 5.92 Å². The van der Waals surface area contributed by atoms with Gasteiger partial charge in [0, 0.05) is 13.2 Å². The number of amides is 1. The molecule has 1 aliphatic rings. The topological polar surface area (TPSA) is 68.7 Å². The van der Waals surface area contributed by atoms with Crippen LogP contribution in [0.3, 0.4) is 0 Å². The molecule has 1 fully saturated rings. The molecule has 0 spiro atoms. The maximum atomic E-state index is 12.6. The Morgan fingerprint density at radius 1 is 1.67 bits per heavy atom. The molecule has 7 heteroatoms. The van der Waals surface area contributed by atoms with Crippen LogP contribution in [0.5, 0.6) is 0 Å². The molecule has 0 saturated carbocycles. The van der Waals surface area contributed by atoms with Crippen molar-refractivity contribution in [3.63, 3.8) is 0 Å². The zero-order valence-corrected chi connectivity index (χ0v) is 12.7. The van der Waals surface area contributed by atoms with E-state index in [0.717, 1.165) is 24.2 Å². The van der Waals surface area contributed by atoms with E-state index in [1.165, 1.54) is 13.3 Å². The fourth-order valence-corrected chi connectivity index (χ4v) is 2.98. The Labute approximate surface area is 127 Å². The van der Waals surface area contributed by atoms with Crippen LogP contribution in [-0.2, 0) is 14.3 Å². The first-order valence-electron chi connectivity index (χ1n) is 6.71. The molecule has 2 heterocycles. The fraction of sp³-hybridized carbons (Fsp3) is 0.500. The Morgan fingerprint density at radius 2 is 2.48 bits per heavy atom. The smallest absolute Gasteiger partial charge is 0.349 e. The molecule has 21 heavy (non-hydrogen) atoms. The summed E-state index contributed by atoms with van der Waals surface area (Å²) in [5, 5.41) is 0.478. The van der Waals surface area contributed by atoms with Gasteiger partial charge >= 0.3 is 5.97 Å². The highest BCUT2D eigenvalue weighted by atomic mass is 32.1. The molecule has 0 unspecified atom stereocenters. The van der Waals surface area contributed by atoms with Crippen molar-refractivity contribution in [3.8, 4) is 0 Å². The number of methoxy groups -OCH3 is 1. The van der Waals surface area contributed by atoms with E-state index in [4.69, 9.17) is 4.74 Å². The van der Waals surface area contributed by atoms with E-state index in [-0.39, 0.29) is 11.8 Å². The van der Waals surface area contributed by atoms with Gasteiger partial charge in [-0.05, 0) is 12.8 Å². The molecular formula is C14H18N2O4S. The van der Waals surface area contributed by atoms with E-state index >= 15 is 0 Å². The first-order valence-corrected chi connectivity index (χ1v) is 7.53. The maximum absolute atomic E-state index is 12.6. The molecular weight excluding hydrogens is 292 g/mol. The molecule has 0 bridgehead atoms. The Balaban J connectivity index is 2.17. The van der Waals surface area contributed by atoms with Crippen molar-refractivity contribution in [2.24, 2.45) is 5.92 Å². The van der Waals surface area contributed by atoms with Gasteiger partial charge in [-0.1, -0.05) is 17.4 Å². The fourth-order valence-electron chi connectivity index (χ4n) is 2.13. The SMILES string of the molecule is C=CCN(C(=O)[C@H]1CCCOC1)c1ncc(C(=O)OC)s1. The number of thiazole rings is 1. The number of nitrogens with zero attached hydrogens (tertiary/aromatic N) is 2. The summed E-state index contributed by atoms with van der Waals surface area (Å²) < 4.78 is 10.0. The number of rotatable bonds is 5. The largest absolute Gasteiger partial charge is 0.465 e. The number of ether oxygens (including phenoxy) is 2. The van der Waals surface area contributed by atoms with Gasteiger partial charge in [-0.3, -0.25) is 9.69 Å². The average molecular weight is 310 g/mol. The van der Waals surface area contributed by atoms with Crippen LogP contribution >= 0.6 is 11.3 Å². The van der Waals surface area contributed by atoms with E-state index in [1.807, 2.05) is 0 Å². The van der Waals surface area contributed by atoms with Crippen molar-refractivity contribution in [2.75, 3.05) is 31.8 Å². The van der Waals surface area contributed by atoms with Gasteiger partial charge in [-0.2, -0.15) is 0 Å². The minimum Gasteiger partial charge on any atom is -0.465 e. The van der Waals surface area contributed by atoms with E-state index in [2.05, 4.69) is 16.3 Å². The number of anilines is 1. The molecule has 1 atom stereocenters. The highest BCUT2D eigenvalue weighted by molar-refractivity contribution is 7.17. The summed E-state index contributed by atoms with van der Waals surface area (Å²) in [5.74, 6) is -0.657. The van der Waals surface area contributed by atoms with Crippen LogP contribution in [0.1, 0.15) is 22.5 Å². The van der Waals surface area contributed by atoms with E-state index in [1.54, 1.807) is 11.0 Å². The number of hydrogen-bond acceptors (Lipinski definition) is 6. The summed E-state index contributed by atoms with van der Waals surface area (Å²) in [6.07, 6.45) is 4.75. The van der Waals surface area contributed by atoms with Crippen molar-refractivity contribution < 1.29 is 19.1 Å². The molecule has 1 aromatic heterocycles. The molecule has 0 radical (unpaired) electrons. The highest BCUT2D eigenvalue weighted by Gasteiger charge is 2.29. The summed E-state index contributed by atoms with van der Waals surface area (Å²) in [4.78, 5) is 30.1. The second kappa shape index (κ2) is 7.33. The molecule has 0 aromatic carbocycles. The standard InChI is InChI=1S/C14H18N2O4S/c1-3-6-16(12(17)10-5-4-7-20-9-10)14-15-8-11(21-14)13(18)19-2/h3,8,10H,1,4-7,9H2,2H3/t10-/m0/s1. The van der Waals surface area contributed by atoms with Gasteiger partial charge in [-0.25, -0.2) is 9.78 Å². The summed E-state index contributed by atoms with van der Waals surface area (Å²) in [6, 6.07) is 0. The minimum atomic E-state index is -0.453. The van der Waals surface area contributed by atoms with Crippen molar-refractivity contribution in [2.45, 2.75) is 12.8 Å².